The average Bonchev–Trinajstić information content (AvgIpc) is 3.01. The van der Waals surface area contributed by atoms with Crippen molar-refractivity contribution >= 4 is 0 Å². The molecule has 2 heterocycles. The molecule has 1 N–H and O–H groups in total. The number of pyridine rings is 1. The van der Waals surface area contributed by atoms with Crippen molar-refractivity contribution in [1.82, 2.24) is 10.3 Å². The fourth-order valence-corrected chi connectivity index (χ4v) is 2.29. The molecule has 3 rings (SSSR count). The predicted molar refractivity (Wildman–Crippen MR) is 78.6 cm³/mol. The van der Waals surface area contributed by atoms with Gasteiger partial charge in [0, 0.05) is 18.8 Å². The molecule has 1 aliphatic heterocycles. The van der Waals surface area contributed by atoms with E-state index in [1.165, 1.54) is 0 Å². The Morgan fingerprint density at radius 3 is 3.00 bits per heavy atom. The lowest BCUT2D eigenvalue weighted by Gasteiger charge is -2.14. The maximum Gasteiger partial charge on any atom is 0.231 e. The zero-order chi connectivity index (χ0) is 14.7. The topological polar surface area (TPSA) is 52.6 Å². The molecular formula is C16H18N2O3. The van der Waals surface area contributed by atoms with Crippen molar-refractivity contribution in [3.8, 4) is 17.2 Å². The molecule has 0 bridgehead atoms. The smallest absolute Gasteiger partial charge is 0.231 e. The minimum absolute atomic E-state index is 0.169. The third-order valence-corrected chi connectivity index (χ3v) is 3.46. The first-order valence-corrected chi connectivity index (χ1v) is 6.88. The van der Waals surface area contributed by atoms with E-state index in [0.717, 1.165) is 17.0 Å². The molecule has 110 valence electrons. The van der Waals surface area contributed by atoms with E-state index in [2.05, 4.69) is 17.2 Å². The van der Waals surface area contributed by atoms with E-state index in [9.17, 15) is 0 Å². The molecule has 1 aromatic carbocycles. The molecule has 0 spiro atoms. The van der Waals surface area contributed by atoms with E-state index >= 15 is 0 Å². The SMILES string of the molecule is COc1cc(CN[C@H](C)c2ccccn2)cc2c1OCO2. The van der Waals surface area contributed by atoms with Crippen LogP contribution in [0.25, 0.3) is 0 Å². The number of fused-ring (bicyclic) bond motifs is 1. The molecule has 5 nitrogen and oxygen atoms in total. The Labute approximate surface area is 123 Å². The van der Waals surface area contributed by atoms with Crippen LogP contribution in [0, 0.1) is 0 Å². The van der Waals surface area contributed by atoms with Gasteiger partial charge in [0.1, 0.15) is 0 Å². The lowest BCUT2D eigenvalue weighted by molar-refractivity contribution is 0.171. The van der Waals surface area contributed by atoms with Crippen LogP contribution in [0.5, 0.6) is 17.2 Å². The fraction of sp³-hybridized carbons (Fsp3) is 0.312. The number of benzene rings is 1. The first-order chi connectivity index (χ1) is 10.3. The number of nitrogens with one attached hydrogen (secondary N) is 1. The Balaban J connectivity index is 1.71. The number of hydrogen-bond donors (Lipinski definition) is 1. The van der Waals surface area contributed by atoms with Gasteiger partial charge in [-0.3, -0.25) is 4.98 Å². The van der Waals surface area contributed by atoms with Crippen LogP contribution in [-0.2, 0) is 6.54 Å². The number of rotatable bonds is 5. The molecule has 1 aliphatic rings. The van der Waals surface area contributed by atoms with Gasteiger partial charge >= 0.3 is 0 Å². The van der Waals surface area contributed by atoms with Crippen LogP contribution in [0.3, 0.4) is 0 Å². The summed E-state index contributed by atoms with van der Waals surface area (Å²) in [6.07, 6.45) is 1.80. The van der Waals surface area contributed by atoms with Gasteiger partial charge in [0.2, 0.25) is 12.5 Å². The standard InChI is InChI=1S/C16H18N2O3/c1-11(13-5-3-4-6-17-13)18-9-12-7-14(19-2)16-15(8-12)20-10-21-16/h3-8,11,18H,9-10H2,1-2H3/t11-/m1/s1. The zero-order valence-electron chi connectivity index (χ0n) is 12.1. The van der Waals surface area contributed by atoms with E-state index in [1.54, 1.807) is 13.3 Å². The fourth-order valence-electron chi connectivity index (χ4n) is 2.29. The van der Waals surface area contributed by atoms with Gasteiger partial charge in [-0.15, -0.1) is 0 Å². The third-order valence-electron chi connectivity index (χ3n) is 3.46. The van der Waals surface area contributed by atoms with Crippen molar-refractivity contribution in [3.05, 3.63) is 47.8 Å². The maximum atomic E-state index is 5.43. The number of hydrogen-bond acceptors (Lipinski definition) is 5. The summed E-state index contributed by atoms with van der Waals surface area (Å²) < 4.78 is 16.2. The quantitative estimate of drug-likeness (QED) is 0.915. The number of aromatic nitrogens is 1. The summed E-state index contributed by atoms with van der Waals surface area (Å²) >= 11 is 0. The Morgan fingerprint density at radius 2 is 2.24 bits per heavy atom. The van der Waals surface area contributed by atoms with E-state index < -0.39 is 0 Å². The van der Waals surface area contributed by atoms with Crippen LogP contribution in [0.1, 0.15) is 24.2 Å². The average molecular weight is 286 g/mol. The molecule has 1 atom stereocenters. The molecule has 0 saturated carbocycles. The van der Waals surface area contributed by atoms with Crippen molar-refractivity contribution in [3.63, 3.8) is 0 Å². The molecule has 0 amide bonds. The molecular weight excluding hydrogens is 268 g/mol. The summed E-state index contributed by atoms with van der Waals surface area (Å²) in [5.74, 6) is 2.11. The van der Waals surface area contributed by atoms with E-state index in [1.807, 2.05) is 30.3 Å². The summed E-state index contributed by atoms with van der Waals surface area (Å²) in [6.45, 7) is 3.03. The number of nitrogens with zero attached hydrogens (tertiary/aromatic N) is 1. The summed E-state index contributed by atoms with van der Waals surface area (Å²) in [5.41, 5.74) is 2.10. The van der Waals surface area contributed by atoms with Crippen molar-refractivity contribution in [2.24, 2.45) is 0 Å². The van der Waals surface area contributed by atoms with Gasteiger partial charge in [0.25, 0.3) is 0 Å². The number of methoxy groups -OCH3 is 1. The van der Waals surface area contributed by atoms with Gasteiger partial charge < -0.3 is 19.5 Å². The second-order valence-corrected chi connectivity index (χ2v) is 4.89. The Bertz CT molecular complexity index is 616. The van der Waals surface area contributed by atoms with Crippen LogP contribution in [-0.4, -0.2) is 18.9 Å². The lowest BCUT2D eigenvalue weighted by atomic mass is 10.1. The highest BCUT2D eigenvalue weighted by Gasteiger charge is 2.20. The third kappa shape index (κ3) is 2.92. The molecule has 0 radical (unpaired) electrons. The van der Waals surface area contributed by atoms with Crippen LogP contribution >= 0.6 is 0 Å². The van der Waals surface area contributed by atoms with Gasteiger partial charge in [0.05, 0.1) is 12.8 Å². The lowest BCUT2D eigenvalue weighted by Crippen LogP contribution is -2.19. The maximum absolute atomic E-state index is 5.43. The van der Waals surface area contributed by atoms with Crippen molar-refractivity contribution in [1.29, 1.82) is 0 Å². The Morgan fingerprint density at radius 1 is 1.33 bits per heavy atom. The van der Waals surface area contributed by atoms with Gasteiger partial charge in [-0.2, -0.15) is 0 Å². The van der Waals surface area contributed by atoms with Crippen molar-refractivity contribution in [2.75, 3.05) is 13.9 Å². The summed E-state index contributed by atoms with van der Waals surface area (Å²) in [6, 6.07) is 10.0. The molecule has 0 unspecified atom stereocenters. The number of ether oxygens (including phenoxy) is 3. The highest BCUT2D eigenvalue weighted by atomic mass is 16.7. The van der Waals surface area contributed by atoms with Crippen LogP contribution < -0.4 is 19.5 Å². The predicted octanol–water partition coefficient (Wildman–Crippen LogP) is 2.67. The molecule has 0 aliphatic carbocycles. The van der Waals surface area contributed by atoms with Crippen LogP contribution in [0.15, 0.2) is 36.5 Å². The Kier molecular flexibility index (Phi) is 3.92. The largest absolute Gasteiger partial charge is 0.493 e. The molecule has 0 fully saturated rings. The molecule has 0 saturated heterocycles. The van der Waals surface area contributed by atoms with E-state index in [-0.39, 0.29) is 12.8 Å². The summed E-state index contributed by atoms with van der Waals surface area (Å²) in [7, 11) is 1.63. The monoisotopic (exact) mass is 286 g/mol. The van der Waals surface area contributed by atoms with Crippen LogP contribution in [0.4, 0.5) is 0 Å². The van der Waals surface area contributed by atoms with Crippen LogP contribution in [0.2, 0.25) is 0 Å². The molecule has 21 heavy (non-hydrogen) atoms. The van der Waals surface area contributed by atoms with Gasteiger partial charge in [-0.25, -0.2) is 0 Å². The highest BCUT2D eigenvalue weighted by Crippen LogP contribution is 2.41. The molecule has 5 heteroatoms. The van der Waals surface area contributed by atoms with E-state index in [0.29, 0.717) is 18.0 Å². The van der Waals surface area contributed by atoms with Crippen molar-refractivity contribution < 1.29 is 14.2 Å². The molecule has 1 aromatic heterocycles. The minimum Gasteiger partial charge on any atom is -0.493 e. The second-order valence-electron chi connectivity index (χ2n) is 4.89. The van der Waals surface area contributed by atoms with Gasteiger partial charge in [0.15, 0.2) is 11.5 Å². The molecule has 2 aromatic rings. The normalized spacial score (nSPS) is 14.0. The van der Waals surface area contributed by atoms with E-state index in [4.69, 9.17) is 14.2 Å². The minimum atomic E-state index is 0.169. The highest BCUT2D eigenvalue weighted by molar-refractivity contribution is 5.55. The second kappa shape index (κ2) is 6.01. The van der Waals surface area contributed by atoms with Crippen molar-refractivity contribution in [2.45, 2.75) is 19.5 Å². The first-order valence-electron chi connectivity index (χ1n) is 6.88. The van der Waals surface area contributed by atoms with Gasteiger partial charge in [-0.05, 0) is 36.8 Å². The first kappa shape index (κ1) is 13.7. The van der Waals surface area contributed by atoms with Gasteiger partial charge in [-0.1, -0.05) is 6.07 Å². The Hall–Kier alpha value is -2.27. The summed E-state index contributed by atoms with van der Waals surface area (Å²) in [4.78, 5) is 4.35. The zero-order valence-corrected chi connectivity index (χ0v) is 12.1. The summed E-state index contributed by atoms with van der Waals surface area (Å²) in [5, 5.41) is 3.44.